The Morgan fingerprint density at radius 1 is 1.32 bits per heavy atom. The van der Waals surface area contributed by atoms with E-state index in [1.54, 1.807) is 27.7 Å². The van der Waals surface area contributed by atoms with Crippen molar-refractivity contribution in [2.24, 2.45) is 5.10 Å². The maximum atomic E-state index is 12.9. The molecule has 0 saturated carbocycles. The average Bonchev–Trinajstić information content (AvgIpc) is 3.01. The summed E-state index contributed by atoms with van der Waals surface area (Å²) in [5, 5.41) is 7.15. The van der Waals surface area contributed by atoms with Gasteiger partial charge in [0.05, 0.1) is 23.6 Å². The van der Waals surface area contributed by atoms with E-state index in [2.05, 4.69) is 20.2 Å². The van der Waals surface area contributed by atoms with Crippen molar-refractivity contribution in [3.63, 3.8) is 0 Å². The van der Waals surface area contributed by atoms with Crippen LogP contribution in [0.3, 0.4) is 0 Å². The van der Waals surface area contributed by atoms with Gasteiger partial charge in [0.2, 0.25) is 0 Å². The van der Waals surface area contributed by atoms with Crippen molar-refractivity contribution in [3.05, 3.63) is 41.3 Å². The molecule has 150 valence electrons. The Labute approximate surface area is 165 Å². The molecule has 1 heterocycles. The summed E-state index contributed by atoms with van der Waals surface area (Å²) >= 11 is 1.09. The van der Waals surface area contributed by atoms with Crippen LogP contribution in [0.2, 0.25) is 0 Å². The summed E-state index contributed by atoms with van der Waals surface area (Å²) in [6.45, 7) is 6.95. The van der Waals surface area contributed by atoms with Crippen LogP contribution < -0.4 is 15.5 Å². The zero-order valence-corrected chi connectivity index (χ0v) is 16.7. The van der Waals surface area contributed by atoms with E-state index in [9.17, 15) is 14.0 Å². The number of hydrogen-bond acceptors (Lipinski definition) is 7. The van der Waals surface area contributed by atoms with E-state index in [4.69, 9.17) is 9.47 Å². The number of amides is 2. The van der Waals surface area contributed by atoms with Crippen LogP contribution in [-0.2, 0) is 9.53 Å². The molecule has 1 aromatic heterocycles. The van der Waals surface area contributed by atoms with E-state index in [-0.39, 0.29) is 6.61 Å². The molecule has 0 saturated heterocycles. The zero-order chi connectivity index (χ0) is 20.7. The number of anilines is 1. The van der Waals surface area contributed by atoms with E-state index in [0.717, 1.165) is 11.5 Å². The molecule has 0 spiro atoms. The highest BCUT2D eigenvalue weighted by molar-refractivity contribution is 7.11. The molecule has 0 radical (unpaired) electrons. The number of aryl methyl sites for hydroxylation is 1. The minimum atomic E-state index is -0.846. The van der Waals surface area contributed by atoms with Gasteiger partial charge in [0, 0.05) is 0 Å². The Kier molecular flexibility index (Phi) is 7.44. The smallest absolute Gasteiger partial charge is 0.412 e. The third-order valence-corrected chi connectivity index (χ3v) is 4.40. The number of carbonyl (C=O) groups excluding carboxylic acids is 2. The third kappa shape index (κ3) is 5.74. The molecule has 10 heteroatoms. The summed E-state index contributed by atoms with van der Waals surface area (Å²) in [5.41, 5.74) is 4.13. The maximum absolute atomic E-state index is 12.9. The van der Waals surface area contributed by atoms with E-state index in [1.165, 1.54) is 24.3 Å². The Bertz CT molecular complexity index is 867. The number of carbonyl (C=O) groups is 2. The van der Waals surface area contributed by atoms with Crippen molar-refractivity contribution < 1.29 is 23.5 Å². The van der Waals surface area contributed by atoms with Crippen molar-refractivity contribution in [1.29, 1.82) is 0 Å². The molecular formula is C18H21FN4O4S. The van der Waals surface area contributed by atoms with Crippen molar-refractivity contribution >= 4 is 34.2 Å². The summed E-state index contributed by atoms with van der Waals surface area (Å²) in [4.78, 5) is 23.8. The second-order valence-electron chi connectivity index (χ2n) is 5.70. The van der Waals surface area contributed by atoms with Gasteiger partial charge in [-0.2, -0.15) is 9.47 Å². The third-order valence-electron chi connectivity index (χ3n) is 3.55. The fourth-order valence-electron chi connectivity index (χ4n) is 2.20. The molecule has 0 aliphatic carbocycles. The molecule has 0 bridgehead atoms. The molecule has 0 unspecified atom stereocenters. The van der Waals surface area contributed by atoms with E-state index >= 15 is 0 Å². The van der Waals surface area contributed by atoms with Gasteiger partial charge in [-0.05, 0) is 63.5 Å². The summed E-state index contributed by atoms with van der Waals surface area (Å²) in [5.74, 6) is -0.510. The largest absolute Gasteiger partial charge is 0.481 e. The lowest BCUT2D eigenvalue weighted by molar-refractivity contribution is -0.127. The van der Waals surface area contributed by atoms with Crippen LogP contribution in [0.25, 0.3) is 0 Å². The minimum absolute atomic E-state index is 0.244. The van der Waals surface area contributed by atoms with Gasteiger partial charge >= 0.3 is 6.09 Å². The average molecular weight is 408 g/mol. The lowest BCUT2D eigenvalue weighted by atomic mass is 10.2. The monoisotopic (exact) mass is 408 g/mol. The van der Waals surface area contributed by atoms with Crippen LogP contribution in [0.15, 0.2) is 29.4 Å². The van der Waals surface area contributed by atoms with Crippen molar-refractivity contribution in [2.75, 3.05) is 11.9 Å². The number of ether oxygens (including phenoxy) is 2. The number of aromatic nitrogens is 1. The SMILES string of the molecule is CCOC(=O)Nc1snc(C)c1/C(C)=N/NC(=O)[C@H](C)Oc1ccc(F)cc1. The Hall–Kier alpha value is -3.01. The molecule has 2 N–H and O–H groups in total. The Morgan fingerprint density at radius 3 is 2.64 bits per heavy atom. The molecule has 1 atom stereocenters. The van der Waals surface area contributed by atoms with Crippen LogP contribution in [0.4, 0.5) is 14.2 Å². The maximum Gasteiger partial charge on any atom is 0.412 e. The van der Waals surface area contributed by atoms with Crippen LogP contribution in [0.1, 0.15) is 32.0 Å². The van der Waals surface area contributed by atoms with Gasteiger partial charge in [0.25, 0.3) is 5.91 Å². The van der Waals surface area contributed by atoms with Crippen molar-refractivity contribution in [1.82, 2.24) is 9.80 Å². The van der Waals surface area contributed by atoms with Crippen molar-refractivity contribution in [3.8, 4) is 5.75 Å². The number of nitrogens with zero attached hydrogens (tertiary/aromatic N) is 2. The summed E-state index contributed by atoms with van der Waals surface area (Å²) in [7, 11) is 0. The molecular weight excluding hydrogens is 387 g/mol. The number of hydrogen-bond donors (Lipinski definition) is 2. The first-order chi connectivity index (χ1) is 13.3. The van der Waals surface area contributed by atoms with Gasteiger partial charge in [-0.1, -0.05) is 0 Å². The van der Waals surface area contributed by atoms with Gasteiger partial charge in [-0.3, -0.25) is 10.1 Å². The van der Waals surface area contributed by atoms with Crippen LogP contribution in [0.5, 0.6) is 5.75 Å². The fourth-order valence-corrected chi connectivity index (χ4v) is 3.03. The second kappa shape index (κ2) is 9.79. The Morgan fingerprint density at radius 2 is 2.00 bits per heavy atom. The Balaban J connectivity index is 2.03. The molecule has 2 aromatic rings. The lowest BCUT2D eigenvalue weighted by Crippen LogP contribution is -2.34. The fraction of sp³-hybridized carbons (Fsp3) is 0.333. The molecule has 28 heavy (non-hydrogen) atoms. The molecule has 8 nitrogen and oxygen atoms in total. The zero-order valence-electron chi connectivity index (χ0n) is 15.9. The molecule has 0 aliphatic rings. The van der Waals surface area contributed by atoms with Gasteiger partial charge in [-0.25, -0.2) is 14.6 Å². The van der Waals surface area contributed by atoms with E-state index < -0.39 is 23.9 Å². The van der Waals surface area contributed by atoms with Crippen LogP contribution in [0, 0.1) is 12.7 Å². The number of rotatable bonds is 7. The van der Waals surface area contributed by atoms with E-state index in [1.807, 2.05) is 0 Å². The van der Waals surface area contributed by atoms with Gasteiger partial charge < -0.3 is 9.47 Å². The minimum Gasteiger partial charge on any atom is -0.481 e. The molecule has 0 aliphatic heterocycles. The lowest BCUT2D eigenvalue weighted by Gasteiger charge is -2.13. The number of hydrazone groups is 1. The number of nitrogens with one attached hydrogen (secondary N) is 2. The number of halogens is 1. The molecule has 2 rings (SSSR count). The predicted molar refractivity (Wildman–Crippen MR) is 104 cm³/mol. The quantitative estimate of drug-likeness (QED) is 0.540. The first kappa shape index (κ1) is 21.3. The topological polar surface area (TPSA) is 102 Å². The van der Waals surface area contributed by atoms with Crippen molar-refractivity contribution in [2.45, 2.75) is 33.8 Å². The predicted octanol–water partition coefficient (Wildman–Crippen LogP) is 3.47. The van der Waals surface area contributed by atoms with Gasteiger partial charge in [0.1, 0.15) is 16.6 Å². The highest BCUT2D eigenvalue weighted by Gasteiger charge is 2.18. The molecule has 1 aromatic carbocycles. The van der Waals surface area contributed by atoms with E-state index in [0.29, 0.717) is 27.7 Å². The van der Waals surface area contributed by atoms with Crippen LogP contribution >= 0.6 is 11.5 Å². The summed E-state index contributed by atoms with van der Waals surface area (Å²) < 4.78 is 27.4. The van der Waals surface area contributed by atoms with Gasteiger partial charge in [-0.15, -0.1) is 0 Å². The van der Waals surface area contributed by atoms with Crippen LogP contribution in [-0.4, -0.2) is 34.8 Å². The summed E-state index contributed by atoms with van der Waals surface area (Å²) in [6, 6.07) is 5.35. The normalized spacial score (nSPS) is 12.2. The highest BCUT2D eigenvalue weighted by Crippen LogP contribution is 2.25. The molecule has 0 fully saturated rings. The highest BCUT2D eigenvalue weighted by atomic mass is 32.1. The standard InChI is InChI=1S/C18H21FN4O4S/c1-5-26-18(25)20-17-15(11(3)23-28-17)10(2)21-22-16(24)12(4)27-14-8-6-13(19)7-9-14/h6-9,12H,5H2,1-4H3,(H,20,25)(H,22,24)/b21-10+/t12-/m0/s1. The first-order valence-electron chi connectivity index (χ1n) is 8.48. The summed E-state index contributed by atoms with van der Waals surface area (Å²) in [6.07, 6.45) is -1.44. The first-order valence-corrected chi connectivity index (χ1v) is 9.26. The number of benzene rings is 1. The second-order valence-corrected chi connectivity index (χ2v) is 6.48. The molecule has 2 amide bonds. The van der Waals surface area contributed by atoms with Gasteiger partial charge in [0.15, 0.2) is 6.10 Å².